The molecule has 0 saturated heterocycles. The number of fused-ring (bicyclic) bond motifs is 1. The summed E-state index contributed by atoms with van der Waals surface area (Å²) in [6, 6.07) is 15.7. The molecule has 0 radical (unpaired) electrons. The van der Waals surface area contributed by atoms with Crippen molar-refractivity contribution in [2.24, 2.45) is 0 Å². The molecule has 2 aliphatic rings. The highest BCUT2D eigenvalue weighted by Crippen LogP contribution is 2.36. The molecule has 1 aliphatic heterocycles. The lowest BCUT2D eigenvalue weighted by molar-refractivity contribution is -0.123. The van der Waals surface area contributed by atoms with Crippen molar-refractivity contribution in [1.29, 1.82) is 0 Å². The molecule has 0 aromatic heterocycles. The van der Waals surface area contributed by atoms with Crippen LogP contribution >= 0.6 is 0 Å². The van der Waals surface area contributed by atoms with Crippen molar-refractivity contribution in [3.63, 3.8) is 0 Å². The molecule has 7 heteroatoms. The Morgan fingerprint density at radius 1 is 0.919 bits per heavy atom. The zero-order chi connectivity index (χ0) is 25.9. The number of carbonyl (C=O) groups excluding carboxylic acids is 2. The Labute approximate surface area is 216 Å². The Bertz CT molecular complexity index is 1300. The van der Waals surface area contributed by atoms with E-state index in [1.165, 1.54) is 17.0 Å². The summed E-state index contributed by atoms with van der Waals surface area (Å²) >= 11 is 0. The third kappa shape index (κ3) is 5.31. The highest BCUT2D eigenvalue weighted by atomic mass is 19.1. The molecule has 37 heavy (non-hydrogen) atoms. The number of ether oxygens (including phenoxy) is 2. The van der Waals surface area contributed by atoms with Crippen molar-refractivity contribution < 1.29 is 23.5 Å². The van der Waals surface area contributed by atoms with Gasteiger partial charge in [0.25, 0.3) is 5.91 Å². The summed E-state index contributed by atoms with van der Waals surface area (Å²) in [6.07, 6.45) is 3.93. The van der Waals surface area contributed by atoms with Gasteiger partial charge >= 0.3 is 0 Å². The summed E-state index contributed by atoms with van der Waals surface area (Å²) in [5.41, 5.74) is 3.32. The van der Waals surface area contributed by atoms with E-state index in [1.807, 2.05) is 32.0 Å². The predicted octanol–water partition coefficient (Wildman–Crippen LogP) is 5.66. The Morgan fingerprint density at radius 3 is 2.35 bits per heavy atom. The van der Waals surface area contributed by atoms with Crippen molar-refractivity contribution in [2.75, 3.05) is 18.1 Å². The van der Waals surface area contributed by atoms with Gasteiger partial charge in [-0.25, -0.2) is 4.39 Å². The van der Waals surface area contributed by atoms with E-state index in [2.05, 4.69) is 5.32 Å². The van der Waals surface area contributed by atoms with Crippen molar-refractivity contribution in [1.82, 2.24) is 5.32 Å². The first kappa shape index (κ1) is 24.8. The van der Waals surface area contributed by atoms with Crippen LogP contribution in [0.3, 0.4) is 0 Å². The van der Waals surface area contributed by atoms with Crippen LogP contribution < -0.4 is 19.7 Å². The number of amides is 2. The van der Waals surface area contributed by atoms with Gasteiger partial charge in [-0.05, 0) is 79.8 Å². The van der Waals surface area contributed by atoms with Crippen LogP contribution in [-0.4, -0.2) is 31.1 Å². The molecular formula is C30H31FN2O4. The molecule has 1 N–H and O–H groups in total. The zero-order valence-corrected chi connectivity index (χ0v) is 21.1. The molecule has 1 saturated carbocycles. The van der Waals surface area contributed by atoms with Gasteiger partial charge < -0.3 is 14.8 Å². The minimum absolute atomic E-state index is 0.0558. The van der Waals surface area contributed by atoms with E-state index in [1.54, 1.807) is 30.3 Å². The first-order valence-corrected chi connectivity index (χ1v) is 12.8. The SMILES string of the molecule is Cc1ccc(C)c(N(C(=O)c2ccc3c(c2)OCCO3)[C@H](C(=O)NC2CCCC2)c2ccc(F)cc2)c1. The highest BCUT2D eigenvalue weighted by molar-refractivity contribution is 6.10. The minimum atomic E-state index is -0.998. The van der Waals surface area contributed by atoms with Crippen LogP contribution in [0, 0.1) is 19.7 Å². The molecule has 6 nitrogen and oxygen atoms in total. The van der Waals surface area contributed by atoms with Crippen LogP contribution in [0.15, 0.2) is 60.7 Å². The monoisotopic (exact) mass is 502 g/mol. The second kappa shape index (κ2) is 10.6. The average molecular weight is 503 g/mol. The molecule has 1 atom stereocenters. The molecule has 1 heterocycles. The molecule has 0 unspecified atom stereocenters. The van der Waals surface area contributed by atoms with Crippen LogP contribution in [0.5, 0.6) is 11.5 Å². The summed E-state index contributed by atoms with van der Waals surface area (Å²) in [5.74, 6) is 0.0175. The number of nitrogens with one attached hydrogen (secondary N) is 1. The molecule has 1 fully saturated rings. The topological polar surface area (TPSA) is 67.9 Å². The van der Waals surface area contributed by atoms with Gasteiger partial charge in [-0.1, -0.05) is 37.1 Å². The minimum Gasteiger partial charge on any atom is -0.486 e. The van der Waals surface area contributed by atoms with Gasteiger partial charge in [-0.2, -0.15) is 0 Å². The smallest absolute Gasteiger partial charge is 0.259 e. The lowest BCUT2D eigenvalue weighted by Crippen LogP contribution is -2.46. The molecule has 2 amide bonds. The number of aryl methyl sites for hydroxylation is 2. The number of hydrogen-bond donors (Lipinski definition) is 1. The standard InChI is InChI=1S/C30H31FN2O4/c1-19-7-8-20(2)25(17-19)33(30(35)22-11-14-26-27(18-22)37-16-15-36-26)28(21-9-12-23(31)13-10-21)29(34)32-24-5-3-4-6-24/h7-14,17-18,24,28H,3-6,15-16H2,1-2H3,(H,32,34)/t28-/m0/s1. The maximum Gasteiger partial charge on any atom is 0.259 e. The second-order valence-corrected chi connectivity index (χ2v) is 9.77. The van der Waals surface area contributed by atoms with Gasteiger partial charge in [0, 0.05) is 17.3 Å². The fraction of sp³-hybridized carbons (Fsp3) is 0.333. The summed E-state index contributed by atoms with van der Waals surface area (Å²) in [5, 5.41) is 3.16. The molecular weight excluding hydrogens is 471 g/mol. The van der Waals surface area contributed by atoms with E-state index < -0.39 is 11.9 Å². The number of nitrogens with zero attached hydrogens (tertiary/aromatic N) is 1. The quantitative estimate of drug-likeness (QED) is 0.472. The Kier molecular flexibility index (Phi) is 7.12. The molecule has 1 aliphatic carbocycles. The van der Waals surface area contributed by atoms with Crippen LogP contribution in [0.2, 0.25) is 0 Å². The molecule has 5 rings (SSSR count). The Morgan fingerprint density at radius 2 is 1.62 bits per heavy atom. The van der Waals surface area contributed by atoms with Crippen LogP contribution in [0.4, 0.5) is 10.1 Å². The van der Waals surface area contributed by atoms with Crippen LogP contribution in [-0.2, 0) is 4.79 Å². The van der Waals surface area contributed by atoms with E-state index in [9.17, 15) is 14.0 Å². The maximum atomic E-state index is 14.3. The lowest BCUT2D eigenvalue weighted by Gasteiger charge is -2.34. The first-order valence-electron chi connectivity index (χ1n) is 12.8. The summed E-state index contributed by atoms with van der Waals surface area (Å²) in [7, 11) is 0. The van der Waals surface area contributed by atoms with Gasteiger partial charge in [0.05, 0.1) is 0 Å². The number of carbonyl (C=O) groups is 2. The summed E-state index contributed by atoms with van der Waals surface area (Å²) in [6.45, 7) is 4.70. The number of anilines is 1. The largest absolute Gasteiger partial charge is 0.486 e. The maximum absolute atomic E-state index is 14.3. The molecule has 192 valence electrons. The van der Waals surface area contributed by atoms with Gasteiger partial charge in [-0.15, -0.1) is 0 Å². The first-order chi connectivity index (χ1) is 17.9. The van der Waals surface area contributed by atoms with Gasteiger partial charge in [0.1, 0.15) is 25.1 Å². The van der Waals surface area contributed by atoms with E-state index in [0.29, 0.717) is 41.5 Å². The number of hydrogen-bond acceptors (Lipinski definition) is 4. The van der Waals surface area contributed by atoms with E-state index in [-0.39, 0.29) is 17.9 Å². The van der Waals surface area contributed by atoms with Crippen molar-refractivity contribution in [3.8, 4) is 11.5 Å². The van der Waals surface area contributed by atoms with Gasteiger partial charge in [-0.3, -0.25) is 14.5 Å². The Balaban J connectivity index is 1.63. The molecule has 3 aromatic carbocycles. The fourth-order valence-corrected chi connectivity index (χ4v) is 5.07. The zero-order valence-electron chi connectivity index (χ0n) is 21.1. The highest BCUT2D eigenvalue weighted by Gasteiger charge is 2.36. The summed E-state index contributed by atoms with van der Waals surface area (Å²) in [4.78, 5) is 29.7. The lowest BCUT2D eigenvalue weighted by atomic mass is 9.99. The normalized spacial score (nSPS) is 15.8. The van der Waals surface area contributed by atoms with Crippen molar-refractivity contribution in [2.45, 2.75) is 51.6 Å². The van der Waals surface area contributed by atoms with E-state index in [0.717, 1.165) is 36.8 Å². The third-order valence-electron chi connectivity index (χ3n) is 7.03. The number of rotatable bonds is 6. The van der Waals surface area contributed by atoms with Crippen molar-refractivity contribution in [3.05, 3.63) is 88.7 Å². The molecule has 0 spiro atoms. The average Bonchev–Trinajstić information content (AvgIpc) is 3.42. The van der Waals surface area contributed by atoms with E-state index in [4.69, 9.17) is 9.47 Å². The van der Waals surface area contributed by atoms with E-state index >= 15 is 0 Å². The number of halogens is 1. The second-order valence-electron chi connectivity index (χ2n) is 9.77. The van der Waals surface area contributed by atoms with Crippen LogP contribution in [0.25, 0.3) is 0 Å². The third-order valence-corrected chi connectivity index (χ3v) is 7.03. The predicted molar refractivity (Wildman–Crippen MR) is 140 cm³/mol. The number of benzene rings is 3. The van der Waals surface area contributed by atoms with Gasteiger partial charge in [0.2, 0.25) is 5.91 Å². The van der Waals surface area contributed by atoms with Gasteiger partial charge in [0.15, 0.2) is 11.5 Å². The fourth-order valence-electron chi connectivity index (χ4n) is 5.07. The molecule has 0 bridgehead atoms. The van der Waals surface area contributed by atoms with Crippen LogP contribution in [0.1, 0.15) is 58.8 Å². The molecule has 3 aromatic rings. The summed E-state index contributed by atoms with van der Waals surface area (Å²) < 4.78 is 25.2. The Hall–Kier alpha value is -3.87. The van der Waals surface area contributed by atoms with Crippen molar-refractivity contribution >= 4 is 17.5 Å².